The van der Waals surface area contributed by atoms with Crippen LogP contribution < -0.4 is 5.09 Å². The van der Waals surface area contributed by atoms with Gasteiger partial charge in [0.15, 0.2) is 0 Å². The molecule has 1 N–H and O–H groups in total. The quantitative estimate of drug-likeness (QED) is 0.310. The van der Waals surface area contributed by atoms with Crippen LogP contribution in [0.3, 0.4) is 0 Å². The number of hydrogen-bond acceptors (Lipinski definition) is 3. The van der Waals surface area contributed by atoms with Crippen molar-refractivity contribution in [2.24, 2.45) is 5.92 Å². The summed E-state index contributed by atoms with van der Waals surface area (Å²) < 4.78 is 19.8. The van der Waals surface area contributed by atoms with Crippen LogP contribution in [0.5, 0.6) is 0 Å². The number of nitrogens with zero attached hydrogens (tertiary/aromatic N) is 1. The number of nitrogens with one attached hydrogen (secondary N) is 1. The molecule has 0 radical (unpaired) electrons. The average molecular weight is 396 g/mol. The predicted octanol–water partition coefficient (Wildman–Crippen LogP) is 3.72. The smallest absolute Gasteiger partial charge is 0.323 e. The fourth-order valence-electron chi connectivity index (χ4n) is 1.98. The Kier molecular flexibility index (Phi) is 12.2. The van der Waals surface area contributed by atoms with Crippen LogP contribution in [0.25, 0.3) is 0 Å². The van der Waals surface area contributed by atoms with Gasteiger partial charge in [0.05, 0.1) is 6.61 Å². The number of ether oxygens (including phenoxy) is 1. The number of esters is 1. The van der Waals surface area contributed by atoms with Gasteiger partial charge in [-0.1, -0.05) is 13.8 Å². The minimum Gasteiger partial charge on any atom is -0.465 e. The fraction of sp³-hybridized carbons (Fsp3) is 0.923. The standard InChI is InChI=1S/C13H26Cl3N2O3P/c1-4-21-13(19)12(9-11(2)3)17-22(20,10-16)18(7-5-14)8-6-15/h11-12H,4-10H2,1-3H3,(H,17,20)/t12-,22+/m1/s1. The molecular formula is C13H26Cl3N2O3P. The Morgan fingerprint density at radius 1 is 1.23 bits per heavy atom. The molecule has 0 amide bonds. The summed E-state index contributed by atoms with van der Waals surface area (Å²) in [4.78, 5) is 12.1. The molecule has 0 heterocycles. The van der Waals surface area contributed by atoms with E-state index >= 15 is 0 Å². The molecule has 0 spiro atoms. The Morgan fingerprint density at radius 2 is 1.77 bits per heavy atom. The second-order valence-electron chi connectivity index (χ2n) is 5.22. The summed E-state index contributed by atoms with van der Waals surface area (Å²) in [5.74, 6) is 0.417. The summed E-state index contributed by atoms with van der Waals surface area (Å²) in [5.41, 5.74) is -0.130. The van der Waals surface area contributed by atoms with E-state index in [1.807, 2.05) is 13.8 Å². The first kappa shape index (κ1) is 22.5. The van der Waals surface area contributed by atoms with E-state index in [4.69, 9.17) is 39.5 Å². The highest BCUT2D eigenvalue weighted by atomic mass is 35.5. The normalized spacial score (nSPS) is 15.8. The lowest BCUT2D eigenvalue weighted by atomic mass is 10.1. The molecule has 0 aliphatic rings. The summed E-state index contributed by atoms with van der Waals surface area (Å²) in [6.07, 6.45) is 0.509. The van der Waals surface area contributed by atoms with Crippen molar-refractivity contribution in [2.45, 2.75) is 33.2 Å². The van der Waals surface area contributed by atoms with Crippen LogP contribution in [0.4, 0.5) is 0 Å². The second kappa shape index (κ2) is 11.9. The molecule has 0 aromatic rings. The van der Waals surface area contributed by atoms with Crippen molar-refractivity contribution in [1.82, 2.24) is 9.76 Å². The maximum atomic E-state index is 13.1. The van der Waals surface area contributed by atoms with Gasteiger partial charge in [-0.3, -0.25) is 9.36 Å². The van der Waals surface area contributed by atoms with E-state index in [0.29, 0.717) is 31.3 Å². The molecule has 22 heavy (non-hydrogen) atoms. The van der Waals surface area contributed by atoms with Crippen LogP contribution in [-0.4, -0.2) is 53.8 Å². The van der Waals surface area contributed by atoms with Gasteiger partial charge in [0.2, 0.25) is 7.44 Å². The number of carbonyl (C=O) groups excluding carboxylic acids is 1. The molecule has 0 aliphatic carbocycles. The molecule has 0 unspecified atom stereocenters. The van der Waals surface area contributed by atoms with Gasteiger partial charge in [-0.15, -0.1) is 34.8 Å². The highest BCUT2D eigenvalue weighted by molar-refractivity contribution is 7.61. The van der Waals surface area contributed by atoms with Gasteiger partial charge in [-0.2, -0.15) is 0 Å². The Morgan fingerprint density at radius 3 is 2.14 bits per heavy atom. The van der Waals surface area contributed by atoms with Gasteiger partial charge in [-0.25, -0.2) is 9.76 Å². The number of hydrogen-bond donors (Lipinski definition) is 1. The lowest BCUT2D eigenvalue weighted by Gasteiger charge is -2.32. The Hall–Kier alpha value is 0.490. The van der Waals surface area contributed by atoms with E-state index in [0.717, 1.165) is 0 Å². The van der Waals surface area contributed by atoms with Crippen molar-refractivity contribution in [3.8, 4) is 0 Å². The minimum absolute atomic E-state index is 0.130. The maximum absolute atomic E-state index is 13.1. The third-order valence-corrected chi connectivity index (χ3v) is 6.60. The molecule has 0 aromatic heterocycles. The van der Waals surface area contributed by atoms with Crippen LogP contribution in [0.15, 0.2) is 0 Å². The van der Waals surface area contributed by atoms with Gasteiger partial charge >= 0.3 is 5.97 Å². The van der Waals surface area contributed by atoms with Crippen LogP contribution in [0.2, 0.25) is 0 Å². The average Bonchev–Trinajstić information content (AvgIpc) is 2.46. The Labute approximate surface area is 148 Å². The number of halogens is 3. The molecule has 0 bridgehead atoms. The first-order valence-electron chi connectivity index (χ1n) is 7.31. The van der Waals surface area contributed by atoms with Gasteiger partial charge in [-0.05, 0) is 19.3 Å². The lowest BCUT2D eigenvalue weighted by Crippen LogP contribution is -2.42. The van der Waals surface area contributed by atoms with E-state index in [1.54, 1.807) is 11.6 Å². The molecule has 0 saturated carbocycles. The van der Waals surface area contributed by atoms with E-state index in [-0.39, 0.29) is 18.1 Å². The van der Waals surface area contributed by atoms with Crippen molar-refractivity contribution in [1.29, 1.82) is 0 Å². The maximum Gasteiger partial charge on any atom is 0.323 e. The summed E-state index contributed by atoms with van der Waals surface area (Å²) in [6, 6.07) is -0.669. The first-order valence-corrected chi connectivity index (χ1v) is 10.8. The highest BCUT2D eigenvalue weighted by Gasteiger charge is 2.35. The monoisotopic (exact) mass is 394 g/mol. The van der Waals surface area contributed by atoms with Crippen molar-refractivity contribution >= 4 is 48.2 Å². The summed E-state index contributed by atoms with van der Waals surface area (Å²) in [7, 11) is -3.15. The molecule has 0 aliphatic heterocycles. The molecule has 0 rings (SSSR count). The molecule has 2 atom stereocenters. The fourth-order valence-corrected chi connectivity index (χ4v) is 5.21. The van der Waals surface area contributed by atoms with Gasteiger partial charge in [0.25, 0.3) is 0 Å². The first-order chi connectivity index (χ1) is 10.3. The molecule has 0 aromatic carbocycles. The zero-order valence-corrected chi connectivity index (χ0v) is 16.5. The zero-order valence-electron chi connectivity index (χ0n) is 13.4. The second-order valence-corrected chi connectivity index (χ2v) is 9.16. The highest BCUT2D eigenvalue weighted by Crippen LogP contribution is 2.47. The van der Waals surface area contributed by atoms with Crippen LogP contribution in [0, 0.1) is 5.92 Å². The molecule has 5 nitrogen and oxygen atoms in total. The SMILES string of the molecule is CCOC(=O)[C@@H](CC(C)C)N[P@@](=O)(CCl)N(CCCl)CCCl. The number of alkyl halides is 3. The van der Waals surface area contributed by atoms with Crippen molar-refractivity contribution < 1.29 is 14.1 Å². The lowest BCUT2D eigenvalue weighted by molar-refractivity contribution is -0.145. The number of carbonyl (C=O) groups is 1. The van der Waals surface area contributed by atoms with Crippen molar-refractivity contribution in [2.75, 3.05) is 37.1 Å². The van der Waals surface area contributed by atoms with Gasteiger partial charge in [0.1, 0.15) is 11.7 Å². The molecule has 9 heteroatoms. The summed E-state index contributed by atoms with van der Waals surface area (Å²) in [5, 5.41) is 2.92. The summed E-state index contributed by atoms with van der Waals surface area (Å²) >= 11 is 17.5. The molecule has 0 fully saturated rings. The number of rotatable bonds is 12. The third kappa shape index (κ3) is 7.85. The Balaban J connectivity index is 5.21. The van der Waals surface area contributed by atoms with E-state index in [2.05, 4.69) is 5.09 Å². The summed E-state index contributed by atoms with van der Waals surface area (Å²) in [6.45, 7) is 6.72. The van der Waals surface area contributed by atoms with Crippen molar-refractivity contribution in [3.63, 3.8) is 0 Å². The Bertz CT molecular complexity index is 366. The topological polar surface area (TPSA) is 58.6 Å². The van der Waals surface area contributed by atoms with Crippen LogP contribution in [-0.2, 0) is 14.1 Å². The van der Waals surface area contributed by atoms with Crippen molar-refractivity contribution in [3.05, 3.63) is 0 Å². The van der Waals surface area contributed by atoms with E-state index in [1.165, 1.54) is 0 Å². The minimum atomic E-state index is -3.15. The largest absolute Gasteiger partial charge is 0.465 e. The molecular weight excluding hydrogens is 369 g/mol. The van der Waals surface area contributed by atoms with E-state index < -0.39 is 19.5 Å². The molecule has 0 saturated heterocycles. The predicted molar refractivity (Wildman–Crippen MR) is 94.4 cm³/mol. The molecule has 132 valence electrons. The van der Waals surface area contributed by atoms with Gasteiger partial charge < -0.3 is 4.74 Å². The van der Waals surface area contributed by atoms with Crippen LogP contribution >= 0.6 is 42.2 Å². The van der Waals surface area contributed by atoms with Gasteiger partial charge in [0, 0.05) is 24.8 Å². The third-order valence-electron chi connectivity index (χ3n) is 2.94. The van der Waals surface area contributed by atoms with E-state index in [9.17, 15) is 9.36 Å². The zero-order chi connectivity index (χ0) is 17.2. The van der Waals surface area contributed by atoms with Crippen LogP contribution in [0.1, 0.15) is 27.2 Å².